The molecule has 0 amide bonds. The summed E-state index contributed by atoms with van der Waals surface area (Å²) in [5.41, 5.74) is 1.71. The lowest BCUT2D eigenvalue weighted by Gasteiger charge is -2.11. The van der Waals surface area contributed by atoms with E-state index in [1.165, 1.54) is 22.9 Å². The van der Waals surface area contributed by atoms with Crippen LogP contribution in [0.4, 0.5) is 5.69 Å². The number of anilines is 1. The fourth-order valence-electron chi connectivity index (χ4n) is 2.11. The zero-order valence-corrected chi connectivity index (χ0v) is 13.2. The minimum absolute atomic E-state index is 0.00647. The number of hydrogen-bond donors (Lipinski definition) is 2. The van der Waals surface area contributed by atoms with Crippen LogP contribution in [0.1, 0.15) is 5.56 Å². The van der Waals surface area contributed by atoms with Crippen molar-refractivity contribution in [2.45, 2.75) is 11.8 Å². The number of rotatable bonds is 4. The molecule has 0 bridgehead atoms. The smallest absolute Gasteiger partial charge is 0.261 e. The van der Waals surface area contributed by atoms with Gasteiger partial charge >= 0.3 is 0 Å². The summed E-state index contributed by atoms with van der Waals surface area (Å²) in [4.78, 5) is 0.178. The Morgan fingerprint density at radius 1 is 1.13 bits per heavy atom. The molecule has 0 radical (unpaired) electrons. The average molecular weight is 329 g/mol. The molecule has 0 atom stereocenters. The van der Waals surface area contributed by atoms with Crippen LogP contribution < -0.4 is 4.72 Å². The van der Waals surface area contributed by atoms with Crippen molar-refractivity contribution >= 4 is 15.7 Å². The highest BCUT2D eigenvalue weighted by atomic mass is 32.2. The maximum Gasteiger partial charge on any atom is 0.261 e. The third kappa shape index (κ3) is 3.19. The van der Waals surface area contributed by atoms with Gasteiger partial charge in [-0.2, -0.15) is 5.10 Å². The van der Waals surface area contributed by atoms with Gasteiger partial charge in [-0.15, -0.1) is 0 Å². The van der Waals surface area contributed by atoms with Gasteiger partial charge < -0.3 is 5.11 Å². The highest BCUT2D eigenvalue weighted by Gasteiger charge is 2.15. The van der Waals surface area contributed by atoms with Crippen molar-refractivity contribution in [2.24, 2.45) is 0 Å². The summed E-state index contributed by atoms with van der Waals surface area (Å²) in [5.74, 6) is 0.00647. The third-order valence-corrected chi connectivity index (χ3v) is 4.71. The van der Waals surface area contributed by atoms with Crippen LogP contribution in [0.15, 0.2) is 65.8 Å². The van der Waals surface area contributed by atoms with E-state index >= 15 is 0 Å². The first-order valence-corrected chi connectivity index (χ1v) is 8.36. The molecule has 1 aromatic heterocycles. The average Bonchev–Trinajstić information content (AvgIpc) is 3.03. The number of aryl methyl sites for hydroxylation is 1. The van der Waals surface area contributed by atoms with Crippen LogP contribution >= 0.6 is 0 Å². The Labute approximate surface area is 134 Å². The molecule has 0 spiro atoms. The Kier molecular flexibility index (Phi) is 3.79. The summed E-state index contributed by atoms with van der Waals surface area (Å²) < 4.78 is 28.8. The number of phenols is 1. The highest BCUT2D eigenvalue weighted by molar-refractivity contribution is 7.92. The number of hydrogen-bond acceptors (Lipinski definition) is 4. The van der Waals surface area contributed by atoms with E-state index in [0.29, 0.717) is 11.4 Å². The SMILES string of the molecule is Cc1ccc(S(=O)(=O)Nc2ccc(O)c(-n3cccn3)c2)cc1. The van der Waals surface area contributed by atoms with Gasteiger partial charge in [0.1, 0.15) is 11.4 Å². The van der Waals surface area contributed by atoms with Gasteiger partial charge in [0, 0.05) is 12.4 Å². The Bertz CT molecular complexity index is 918. The summed E-state index contributed by atoms with van der Waals surface area (Å²) in [7, 11) is -3.69. The van der Waals surface area contributed by atoms with Gasteiger partial charge in [-0.1, -0.05) is 17.7 Å². The molecule has 3 aromatic rings. The molecule has 0 fully saturated rings. The molecular weight excluding hydrogens is 314 g/mol. The summed E-state index contributed by atoms with van der Waals surface area (Å²) in [6.45, 7) is 1.89. The predicted octanol–water partition coefficient (Wildman–Crippen LogP) is 2.69. The van der Waals surface area contributed by atoms with E-state index in [-0.39, 0.29) is 10.6 Å². The Morgan fingerprint density at radius 2 is 1.87 bits per heavy atom. The number of nitrogens with zero attached hydrogens (tertiary/aromatic N) is 2. The fourth-order valence-corrected chi connectivity index (χ4v) is 3.16. The van der Waals surface area contributed by atoms with Crippen LogP contribution in [-0.2, 0) is 10.0 Å². The van der Waals surface area contributed by atoms with Crippen LogP contribution in [0.2, 0.25) is 0 Å². The predicted molar refractivity (Wildman–Crippen MR) is 87.2 cm³/mol. The highest BCUT2D eigenvalue weighted by Crippen LogP contribution is 2.26. The fraction of sp³-hybridized carbons (Fsp3) is 0.0625. The molecule has 6 nitrogen and oxygen atoms in total. The summed E-state index contributed by atoms with van der Waals surface area (Å²) in [6, 6.07) is 12.7. The molecule has 0 aliphatic heterocycles. The number of phenolic OH excluding ortho intramolecular Hbond substituents is 1. The van der Waals surface area contributed by atoms with Crippen molar-refractivity contribution in [3.05, 3.63) is 66.5 Å². The molecule has 0 saturated heterocycles. The second-order valence-electron chi connectivity index (χ2n) is 5.07. The number of nitrogens with one attached hydrogen (secondary N) is 1. The Hall–Kier alpha value is -2.80. The standard InChI is InChI=1S/C16H15N3O3S/c1-12-3-6-14(7-4-12)23(21,22)18-13-5-8-16(20)15(11-13)19-10-2-9-17-19/h2-11,18,20H,1H3. The normalized spacial score (nSPS) is 11.3. The topological polar surface area (TPSA) is 84.2 Å². The summed E-state index contributed by atoms with van der Waals surface area (Å²) >= 11 is 0. The van der Waals surface area contributed by atoms with Crippen molar-refractivity contribution in [1.82, 2.24) is 9.78 Å². The first-order valence-electron chi connectivity index (χ1n) is 6.88. The van der Waals surface area contributed by atoms with Crippen molar-refractivity contribution < 1.29 is 13.5 Å². The van der Waals surface area contributed by atoms with Crippen LogP contribution in [0.3, 0.4) is 0 Å². The van der Waals surface area contributed by atoms with Gasteiger partial charge in [-0.25, -0.2) is 13.1 Å². The van der Waals surface area contributed by atoms with Gasteiger partial charge in [0.15, 0.2) is 0 Å². The molecule has 1 heterocycles. The van der Waals surface area contributed by atoms with E-state index in [1.807, 2.05) is 6.92 Å². The molecule has 0 aliphatic carbocycles. The van der Waals surface area contributed by atoms with E-state index in [0.717, 1.165) is 5.56 Å². The minimum atomic E-state index is -3.69. The molecule has 23 heavy (non-hydrogen) atoms. The second-order valence-corrected chi connectivity index (χ2v) is 6.76. The van der Waals surface area contributed by atoms with Gasteiger partial charge in [-0.3, -0.25) is 4.72 Å². The molecular formula is C16H15N3O3S. The molecule has 2 N–H and O–H groups in total. The van der Waals surface area contributed by atoms with Gasteiger partial charge in [0.05, 0.1) is 10.6 Å². The summed E-state index contributed by atoms with van der Waals surface area (Å²) in [6.07, 6.45) is 3.23. The van der Waals surface area contributed by atoms with Crippen LogP contribution in [0, 0.1) is 6.92 Å². The van der Waals surface area contributed by atoms with E-state index in [9.17, 15) is 13.5 Å². The second kappa shape index (κ2) is 5.77. The van der Waals surface area contributed by atoms with Gasteiger partial charge in [0.25, 0.3) is 10.0 Å². The molecule has 0 aliphatic rings. The van der Waals surface area contributed by atoms with Gasteiger partial charge in [0.2, 0.25) is 0 Å². The Morgan fingerprint density at radius 3 is 2.52 bits per heavy atom. The van der Waals surface area contributed by atoms with E-state index in [1.54, 1.807) is 42.7 Å². The first kappa shape index (κ1) is 15.1. The number of benzene rings is 2. The molecule has 0 saturated carbocycles. The molecule has 0 unspecified atom stereocenters. The first-order chi connectivity index (χ1) is 11.0. The molecule has 118 valence electrons. The molecule has 3 rings (SSSR count). The minimum Gasteiger partial charge on any atom is -0.506 e. The largest absolute Gasteiger partial charge is 0.506 e. The van der Waals surface area contributed by atoms with Crippen LogP contribution in [0.5, 0.6) is 5.75 Å². The van der Waals surface area contributed by atoms with E-state index in [4.69, 9.17) is 0 Å². The number of aromatic nitrogens is 2. The summed E-state index contributed by atoms with van der Waals surface area (Å²) in [5, 5.41) is 13.9. The van der Waals surface area contributed by atoms with Crippen molar-refractivity contribution in [1.29, 1.82) is 0 Å². The zero-order chi connectivity index (χ0) is 16.4. The lowest BCUT2D eigenvalue weighted by molar-refractivity contribution is 0.470. The third-order valence-electron chi connectivity index (χ3n) is 3.31. The molecule has 2 aromatic carbocycles. The van der Waals surface area contributed by atoms with E-state index in [2.05, 4.69) is 9.82 Å². The molecule has 7 heteroatoms. The lowest BCUT2D eigenvalue weighted by Crippen LogP contribution is -2.13. The van der Waals surface area contributed by atoms with Crippen molar-refractivity contribution in [3.63, 3.8) is 0 Å². The quantitative estimate of drug-likeness (QED) is 0.721. The van der Waals surface area contributed by atoms with Crippen molar-refractivity contribution in [3.8, 4) is 11.4 Å². The maximum absolute atomic E-state index is 12.4. The van der Waals surface area contributed by atoms with Crippen LogP contribution in [0.25, 0.3) is 5.69 Å². The van der Waals surface area contributed by atoms with Gasteiger partial charge in [-0.05, 0) is 43.3 Å². The Balaban J connectivity index is 1.94. The lowest BCUT2D eigenvalue weighted by atomic mass is 10.2. The maximum atomic E-state index is 12.4. The number of aromatic hydroxyl groups is 1. The van der Waals surface area contributed by atoms with Crippen LogP contribution in [-0.4, -0.2) is 23.3 Å². The van der Waals surface area contributed by atoms with E-state index < -0.39 is 10.0 Å². The number of sulfonamides is 1. The van der Waals surface area contributed by atoms with Crippen molar-refractivity contribution in [2.75, 3.05) is 4.72 Å². The monoisotopic (exact) mass is 329 g/mol. The zero-order valence-electron chi connectivity index (χ0n) is 12.3.